The van der Waals surface area contributed by atoms with E-state index in [-0.39, 0.29) is 6.03 Å². The number of nitrogens with one attached hydrogen (secondary N) is 4. The second-order valence-corrected chi connectivity index (χ2v) is 8.49. The standard InChI is InChI=1S/C24H30ClN7O3/c25-19-6-7-21(20(15-19)30-24(34)31-22-8-5-18(16-26)17-29-22)35-14-4-10-28-23(33)27-9-3-13-32-11-1-2-12-32/h5-8,15,17H,1-4,9-14H2,(H2,27,28,33)(H2,29,30,31,34). The second kappa shape index (κ2) is 14.0. The number of urea groups is 2. The summed E-state index contributed by atoms with van der Waals surface area (Å²) in [5, 5.41) is 20.2. The van der Waals surface area contributed by atoms with Crippen molar-refractivity contribution in [2.75, 3.05) is 50.0 Å². The van der Waals surface area contributed by atoms with E-state index in [0.29, 0.717) is 54.0 Å². The highest BCUT2D eigenvalue weighted by atomic mass is 35.5. The molecule has 0 aliphatic carbocycles. The minimum absolute atomic E-state index is 0.187. The van der Waals surface area contributed by atoms with Gasteiger partial charge in [0.05, 0.1) is 17.9 Å². The van der Waals surface area contributed by atoms with Gasteiger partial charge < -0.3 is 25.6 Å². The number of pyridine rings is 1. The Bertz CT molecular complexity index is 1020. The lowest BCUT2D eigenvalue weighted by Gasteiger charge is -2.15. The summed E-state index contributed by atoms with van der Waals surface area (Å²) >= 11 is 6.07. The molecule has 186 valence electrons. The number of hydrogen-bond donors (Lipinski definition) is 4. The van der Waals surface area contributed by atoms with Gasteiger partial charge in [0.15, 0.2) is 0 Å². The Hall–Kier alpha value is -3.55. The predicted octanol–water partition coefficient (Wildman–Crippen LogP) is 3.80. The van der Waals surface area contributed by atoms with Crippen molar-refractivity contribution >= 4 is 35.2 Å². The first-order chi connectivity index (χ1) is 17.0. The lowest BCUT2D eigenvalue weighted by Crippen LogP contribution is -2.37. The van der Waals surface area contributed by atoms with E-state index in [4.69, 9.17) is 21.6 Å². The van der Waals surface area contributed by atoms with Gasteiger partial charge in [0.2, 0.25) is 0 Å². The van der Waals surface area contributed by atoms with Crippen LogP contribution in [0.5, 0.6) is 5.75 Å². The quantitative estimate of drug-likeness (QED) is 0.348. The molecule has 35 heavy (non-hydrogen) atoms. The van der Waals surface area contributed by atoms with E-state index in [9.17, 15) is 9.59 Å². The summed E-state index contributed by atoms with van der Waals surface area (Å²) < 4.78 is 5.78. The number of anilines is 2. The third-order valence-electron chi connectivity index (χ3n) is 5.32. The fraction of sp³-hybridized carbons (Fsp3) is 0.417. The number of ether oxygens (including phenoxy) is 1. The number of nitrogens with zero attached hydrogens (tertiary/aromatic N) is 3. The first-order valence-electron chi connectivity index (χ1n) is 11.6. The number of hydrogen-bond acceptors (Lipinski definition) is 6. The molecule has 1 fully saturated rings. The highest BCUT2D eigenvalue weighted by molar-refractivity contribution is 6.31. The van der Waals surface area contributed by atoms with Gasteiger partial charge in [-0.1, -0.05) is 11.6 Å². The van der Waals surface area contributed by atoms with Crippen LogP contribution in [0.25, 0.3) is 0 Å². The summed E-state index contributed by atoms with van der Waals surface area (Å²) in [6, 6.07) is 9.24. The average molecular weight is 500 g/mol. The minimum Gasteiger partial charge on any atom is -0.491 e. The molecule has 0 radical (unpaired) electrons. The maximum absolute atomic E-state index is 12.4. The molecule has 1 aliphatic heterocycles. The number of amides is 4. The summed E-state index contributed by atoms with van der Waals surface area (Å²) in [4.78, 5) is 30.7. The van der Waals surface area contributed by atoms with E-state index in [2.05, 4.69) is 31.2 Å². The van der Waals surface area contributed by atoms with Crippen molar-refractivity contribution in [1.29, 1.82) is 5.26 Å². The van der Waals surface area contributed by atoms with E-state index in [1.807, 2.05) is 6.07 Å². The smallest absolute Gasteiger partial charge is 0.324 e. The molecular weight excluding hydrogens is 470 g/mol. The fourth-order valence-electron chi connectivity index (χ4n) is 3.56. The van der Waals surface area contributed by atoms with Crippen molar-refractivity contribution in [2.45, 2.75) is 25.7 Å². The number of nitriles is 1. The van der Waals surface area contributed by atoms with E-state index < -0.39 is 6.03 Å². The summed E-state index contributed by atoms with van der Waals surface area (Å²) in [5.74, 6) is 0.745. The molecule has 3 rings (SSSR count). The zero-order valence-electron chi connectivity index (χ0n) is 19.5. The number of carbonyl (C=O) groups is 2. The average Bonchev–Trinajstić information content (AvgIpc) is 3.37. The molecule has 0 atom stereocenters. The van der Waals surface area contributed by atoms with Crippen LogP contribution in [0.4, 0.5) is 21.1 Å². The van der Waals surface area contributed by atoms with Crippen LogP contribution in [0, 0.1) is 11.3 Å². The monoisotopic (exact) mass is 499 g/mol. The lowest BCUT2D eigenvalue weighted by molar-refractivity contribution is 0.238. The third-order valence-corrected chi connectivity index (χ3v) is 5.56. The molecule has 4 N–H and O–H groups in total. The first kappa shape index (κ1) is 26.1. The number of aromatic nitrogens is 1. The van der Waals surface area contributed by atoms with Crippen molar-refractivity contribution in [1.82, 2.24) is 20.5 Å². The van der Waals surface area contributed by atoms with Crippen LogP contribution in [0.15, 0.2) is 36.5 Å². The minimum atomic E-state index is -0.530. The van der Waals surface area contributed by atoms with Gasteiger partial charge in [0, 0.05) is 24.3 Å². The molecule has 1 saturated heterocycles. The van der Waals surface area contributed by atoms with Gasteiger partial charge in [-0.2, -0.15) is 5.26 Å². The van der Waals surface area contributed by atoms with Crippen LogP contribution in [0.3, 0.4) is 0 Å². The Morgan fingerprint density at radius 1 is 1.06 bits per heavy atom. The zero-order chi connectivity index (χ0) is 24.9. The highest BCUT2D eigenvalue weighted by Gasteiger charge is 2.11. The number of halogens is 1. The Labute approximate surface area is 210 Å². The van der Waals surface area contributed by atoms with Crippen LogP contribution in [0.2, 0.25) is 5.02 Å². The Morgan fingerprint density at radius 3 is 2.54 bits per heavy atom. The fourth-order valence-corrected chi connectivity index (χ4v) is 3.73. The molecule has 1 aromatic heterocycles. The molecule has 2 heterocycles. The number of rotatable bonds is 11. The van der Waals surface area contributed by atoms with Crippen molar-refractivity contribution in [3.63, 3.8) is 0 Å². The maximum Gasteiger partial charge on any atom is 0.324 e. The van der Waals surface area contributed by atoms with Gasteiger partial charge in [0.1, 0.15) is 17.6 Å². The Kier molecular flexibility index (Phi) is 10.4. The topological polar surface area (TPSA) is 131 Å². The molecule has 0 unspecified atom stereocenters. The van der Waals surface area contributed by atoms with Gasteiger partial charge >= 0.3 is 12.1 Å². The molecule has 10 nitrogen and oxygen atoms in total. The summed E-state index contributed by atoms with van der Waals surface area (Å²) in [6.07, 6.45) is 5.44. The zero-order valence-corrected chi connectivity index (χ0v) is 20.2. The van der Waals surface area contributed by atoms with Gasteiger partial charge in [-0.05, 0) is 75.6 Å². The summed E-state index contributed by atoms with van der Waals surface area (Å²) in [5.41, 5.74) is 0.790. The Balaban J connectivity index is 1.35. The molecular formula is C24H30ClN7O3. The number of likely N-dealkylation sites (tertiary alicyclic amines) is 1. The molecule has 2 aromatic rings. The second-order valence-electron chi connectivity index (χ2n) is 8.05. The van der Waals surface area contributed by atoms with Crippen molar-refractivity contribution in [3.05, 3.63) is 47.1 Å². The molecule has 4 amide bonds. The van der Waals surface area contributed by atoms with E-state index in [0.717, 1.165) is 26.1 Å². The number of carbonyl (C=O) groups excluding carboxylic acids is 2. The van der Waals surface area contributed by atoms with Gasteiger partial charge in [-0.15, -0.1) is 0 Å². The normalized spacial score (nSPS) is 13.0. The van der Waals surface area contributed by atoms with Crippen LogP contribution in [-0.4, -0.2) is 61.3 Å². The Morgan fingerprint density at radius 2 is 1.83 bits per heavy atom. The molecule has 1 aromatic carbocycles. The molecule has 11 heteroatoms. The highest BCUT2D eigenvalue weighted by Crippen LogP contribution is 2.28. The molecule has 0 spiro atoms. The molecule has 0 saturated carbocycles. The van der Waals surface area contributed by atoms with E-state index in [1.54, 1.807) is 24.3 Å². The van der Waals surface area contributed by atoms with Gasteiger partial charge in [-0.3, -0.25) is 5.32 Å². The predicted molar refractivity (Wildman–Crippen MR) is 135 cm³/mol. The SMILES string of the molecule is N#Cc1ccc(NC(=O)Nc2cc(Cl)ccc2OCCCNC(=O)NCCCN2CCCC2)nc1. The third kappa shape index (κ3) is 9.31. The van der Waals surface area contributed by atoms with Gasteiger partial charge in [-0.25, -0.2) is 14.6 Å². The van der Waals surface area contributed by atoms with Crippen LogP contribution in [0.1, 0.15) is 31.2 Å². The first-order valence-corrected chi connectivity index (χ1v) is 12.0. The van der Waals surface area contributed by atoms with Crippen molar-refractivity contribution in [2.24, 2.45) is 0 Å². The lowest BCUT2D eigenvalue weighted by atomic mass is 10.3. The van der Waals surface area contributed by atoms with E-state index >= 15 is 0 Å². The van der Waals surface area contributed by atoms with Crippen LogP contribution >= 0.6 is 11.6 Å². The van der Waals surface area contributed by atoms with Crippen LogP contribution < -0.4 is 26.0 Å². The van der Waals surface area contributed by atoms with E-state index in [1.165, 1.54) is 25.1 Å². The summed E-state index contributed by atoms with van der Waals surface area (Å²) in [6.45, 7) is 4.79. The van der Waals surface area contributed by atoms with Crippen LogP contribution in [-0.2, 0) is 0 Å². The summed E-state index contributed by atoms with van der Waals surface area (Å²) in [7, 11) is 0. The van der Waals surface area contributed by atoms with Crippen molar-refractivity contribution < 1.29 is 14.3 Å². The van der Waals surface area contributed by atoms with Gasteiger partial charge in [0.25, 0.3) is 0 Å². The number of benzene rings is 1. The molecule has 0 bridgehead atoms. The largest absolute Gasteiger partial charge is 0.491 e. The molecule has 1 aliphatic rings. The van der Waals surface area contributed by atoms with Crippen molar-refractivity contribution in [3.8, 4) is 11.8 Å². The maximum atomic E-state index is 12.4.